The Kier molecular flexibility index (Phi) is 16.3. The summed E-state index contributed by atoms with van der Waals surface area (Å²) in [5, 5.41) is 0. The van der Waals surface area contributed by atoms with Crippen LogP contribution in [0.1, 0.15) is 96.0 Å². The van der Waals surface area contributed by atoms with Crippen molar-refractivity contribution >= 4 is 17.7 Å². The highest BCUT2D eigenvalue weighted by molar-refractivity contribution is 7.99. The van der Waals surface area contributed by atoms with E-state index < -0.39 is 0 Å². The molecule has 1 heterocycles. The molecule has 154 valence electrons. The maximum atomic E-state index is 11.7. The van der Waals surface area contributed by atoms with E-state index >= 15 is 0 Å². The smallest absolute Gasteiger partial charge is 0.306 e. The molecule has 0 radical (unpaired) electrons. The molecule has 4 heteroatoms. The van der Waals surface area contributed by atoms with Crippen LogP contribution >= 0.6 is 11.8 Å². The summed E-state index contributed by atoms with van der Waals surface area (Å²) in [6.07, 6.45) is 20.6. The lowest BCUT2D eigenvalue weighted by Gasteiger charge is -2.05. The molecule has 0 spiro atoms. The molecule has 0 aromatic carbocycles. The van der Waals surface area contributed by atoms with Crippen molar-refractivity contribution in [3.8, 4) is 0 Å². The molecule has 0 aliphatic rings. The molecule has 0 atom stereocenters. The van der Waals surface area contributed by atoms with Crippen molar-refractivity contribution in [1.29, 1.82) is 0 Å². The molecule has 0 saturated carbocycles. The highest BCUT2D eigenvalue weighted by Crippen LogP contribution is 2.13. The molecular formula is C23H39NO2S. The Balaban J connectivity index is 1.77. The minimum atomic E-state index is -0.110. The first-order valence-electron chi connectivity index (χ1n) is 10.9. The molecule has 0 aliphatic heterocycles. The van der Waals surface area contributed by atoms with Crippen LogP contribution in [0.4, 0.5) is 0 Å². The fourth-order valence-corrected chi connectivity index (χ4v) is 3.95. The number of thioether (sulfide) groups is 1. The van der Waals surface area contributed by atoms with E-state index in [1.165, 1.54) is 77.0 Å². The number of aromatic nitrogens is 1. The summed E-state index contributed by atoms with van der Waals surface area (Å²) >= 11 is 1.87. The number of hydrogen-bond donors (Lipinski definition) is 0. The molecule has 0 amide bonds. The van der Waals surface area contributed by atoms with Crippen LogP contribution < -0.4 is 0 Å². The molecular weight excluding hydrogens is 354 g/mol. The number of rotatable bonds is 18. The van der Waals surface area contributed by atoms with Crippen molar-refractivity contribution in [2.75, 3.05) is 11.5 Å². The zero-order valence-corrected chi connectivity index (χ0v) is 18.1. The second-order valence-corrected chi connectivity index (χ2v) is 8.50. The van der Waals surface area contributed by atoms with Gasteiger partial charge in [-0.3, -0.25) is 9.78 Å². The van der Waals surface area contributed by atoms with Gasteiger partial charge < -0.3 is 4.74 Å². The van der Waals surface area contributed by atoms with E-state index in [9.17, 15) is 4.79 Å². The molecule has 0 bridgehead atoms. The monoisotopic (exact) mass is 393 g/mol. The van der Waals surface area contributed by atoms with Gasteiger partial charge in [-0.2, -0.15) is 11.8 Å². The first-order chi connectivity index (χ1) is 13.3. The largest absolute Gasteiger partial charge is 0.461 e. The number of esters is 1. The van der Waals surface area contributed by atoms with Crippen molar-refractivity contribution in [2.45, 2.75) is 97.0 Å². The molecule has 1 aromatic rings. The molecule has 27 heavy (non-hydrogen) atoms. The summed E-state index contributed by atoms with van der Waals surface area (Å²) in [6.45, 7) is 2.61. The lowest BCUT2D eigenvalue weighted by atomic mass is 10.1. The van der Waals surface area contributed by atoms with Crippen LogP contribution in [0.5, 0.6) is 0 Å². The molecule has 0 N–H and O–H groups in total. The summed E-state index contributed by atoms with van der Waals surface area (Å²) in [5.41, 5.74) is 0.940. The van der Waals surface area contributed by atoms with E-state index in [4.69, 9.17) is 4.74 Å². The summed E-state index contributed by atoms with van der Waals surface area (Å²) in [5.74, 6) is 1.91. The Morgan fingerprint density at radius 3 is 2.15 bits per heavy atom. The third-order valence-electron chi connectivity index (χ3n) is 4.72. The second kappa shape index (κ2) is 18.3. The standard InChI is InChI=1S/C23H39NO2S/c1-2-3-4-5-6-7-8-9-10-11-12-13-18-27-19-16-23(25)26-21-22-15-14-17-24-20-22/h14-15,17,20H,2-13,16,18-19,21H2,1H3. The fourth-order valence-electron chi connectivity index (χ4n) is 3.02. The fraction of sp³-hybridized carbons (Fsp3) is 0.739. The minimum absolute atomic E-state index is 0.110. The van der Waals surface area contributed by atoms with Crippen molar-refractivity contribution in [2.24, 2.45) is 0 Å². The molecule has 1 aromatic heterocycles. The predicted octanol–water partition coefficient (Wildman–Crippen LogP) is 6.95. The molecule has 0 unspecified atom stereocenters. The van der Waals surface area contributed by atoms with E-state index in [2.05, 4.69) is 11.9 Å². The van der Waals surface area contributed by atoms with Crippen molar-refractivity contribution < 1.29 is 9.53 Å². The van der Waals surface area contributed by atoms with Crippen LogP contribution in [0.15, 0.2) is 24.5 Å². The summed E-state index contributed by atoms with van der Waals surface area (Å²) in [6, 6.07) is 3.77. The lowest BCUT2D eigenvalue weighted by molar-refractivity contribution is -0.144. The van der Waals surface area contributed by atoms with Gasteiger partial charge in [0.05, 0.1) is 6.42 Å². The minimum Gasteiger partial charge on any atom is -0.461 e. The highest BCUT2D eigenvalue weighted by Gasteiger charge is 2.03. The van der Waals surface area contributed by atoms with Gasteiger partial charge in [-0.05, 0) is 18.2 Å². The summed E-state index contributed by atoms with van der Waals surface area (Å²) in [4.78, 5) is 15.7. The lowest BCUT2D eigenvalue weighted by Crippen LogP contribution is -2.05. The molecule has 3 nitrogen and oxygen atoms in total. The van der Waals surface area contributed by atoms with Gasteiger partial charge in [-0.15, -0.1) is 0 Å². The first kappa shape index (κ1) is 24.0. The maximum absolute atomic E-state index is 11.7. The van der Waals surface area contributed by atoms with Crippen LogP contribution in [0.2, 0.25) is 0 Å². The normalized spacial score (nSPS) is 10.9. The van der Waals surface area contributed by atoms with Gasteiger partial charge in [0.15, 0.2) is 0 Å². The van der Waals surface area contributed by atoms with Gasteiger partial charge in [0.1, 0.15) is 6.61 Å². The number of pyridine rings is 1. The van der Waals surface area contributed by atoms with Crippen LogP contribution in [-0.4, -0.2) is 22.5 Å². The Morgan fingerprint density at radius 1 is 0.926 bits per heavy atom. The topological polar surface area (TPSA) is 39.2 Å². The first-order valence-corrected chi connectivity index (χ1v) is 12.1. The Labute approximate surface area is 171 Å². The van der Waals surface area contributed by atoms with Crippen LogP contribution in [-0.2, 0) is 16.1 Å². The number of carbonyl (C=O) groups is 1. The Morgan fingerprint density at radius 2 is 1.56 bits per heavy atom. The Bertz CT molecular complexity index is 453. The SMILES string of the molecule is CCCCCCCCCCCCCCSCCC(=O)OCc1cccnc1. The van der Waals surface area contributed by atoms with Crippen molar-refractivity contribution in [1.82, 2.24) is 4.98 Å². The quantitative estimate of drug-likeness (QED) is 0.200. The molecule has 0 fully saturated rings. The van der Waals surface area contributed by atoms with Gasteiger partial charge in [0.2, 0.25) is 0 Å². The van der Waals surface area contributed by atoms with E-state index in [0.717, 1.165) is 17.1 Å². The maximum Gasteiger partial charge on any atom is 0.306 e. The number of nitrogens with zero attached hydrogens (tertiary/aromatic N) is 1. The van der Waals surface area contributed by atoms with E-state index in [-0.39, 0.29) is 5.97 Å². The third-order valence-corrected chi connectivity index (χ3v) is 5.79. The van der Waals surface area contributed by atoms with Crippen LogP contribution in [0.25, 0.3) is 0 Å². The van der Waals surface area contributed by atoms with Crippen molar-refractivity contribution in [3.63, 3.8) is 0 Å². The zero-order valence-electron chi connectivity index (χ0n) is 17.3. The second-order valence-electron chi connectivity index (χ2n) is 7.27. The van der Waals surface area contributed by atoms with Crippen molar-refractivity contribution in [3.05, 3.63) is 30.1 Å². The van der Waals surface area contributed by atoms with Gasteiger partial charge in [-0.1, -0.05) is 83.6 Å². The predicted molar refractivity (Wildman–Crippen MR) is 117 cm³/mol. The molecule has 0 saturated heterocycles. The van der Waals surface area contributed by atoms with Gasteiger partial charge in [0, 0.05) is 23.7 Å². The average Bonchev–Trinajstić information content (AvgIpc) is 2.70. The van der Waals surface area contributed by atoms with Crippen LogP contribution in [0.3, 0.4) is 0 Å². The number of hydrogen-bond acceptors (Lipinski definition) is 4. The zero-order chi connectivity index (χ0) is 19.4. The number of carbonyl (C=O) groups excluding carboxylic acids is 1. The van der Waals surface area contributed by atoms with Gasteiger partial charge in [-0.25, -0.2) is 0 Å². The van der Waals surface area contributed by atoms with E-state index in [1.807, 2.05) is 23.9 Å². The number of ether oxygens (including phenoxy) is 1. The van der Waals surface area contributed by atoms with E-state index in [0.29, 0.717) is 13.0 Å². The summed E-state index contributed by atoms with van der Waals surface area (Å²) < 4.78 is 5.25. The third kappa shape index (κ3) is 15.7. The van der Waals surface area contributed by atoms with E-state index in [1.54, 1.807) is 12.4 Å². The highest BCUT2D eigenvalue weighted by atomic mass is 32.2. The molecule has 0 aliphatic carbocycles. The van der Waals surface area contributed by atoms with Gasteiger partial charge in [0.25, 0.3) is 0 Å². The Hall–Kier alpha value is -1.03. The molecule has 1 rings (SSSR count). The summed E-state index contributed by atoms with van der Waals surface area (Å²) in [7, 11) is 0. The van der Waals surface area contributed by atoms with Crippen LogP contribution in [0, 0.1) is 0 Å². The van der Waals surface area contributed by atoms with Gasteiger partial charge >= 0.3 is 5.97 Å². The average molecular weight is 394 g/mol. The number of unbranched alkanes of at least 4 members (excludes halogenated alkanes) is 11.